The average molecular weight is 804 g/mol. The van der Waals surface area contributed by atoms with Crippen LogP contribution < -0.4 is 4.90 Å². The summed E-state index contributed by atoms with van der Waals surface area (Å²) in [5, 5.41) is 2.41. The van der Waals surface area contributed by atoms with Crippen molar-refractivity contribution in [3.8, 4) is 44.5 Å². The standard InChI is InChI=1S/C62H45N/c1-61(2)56-21-11-13-23-58(56)62(59-24-14-12-22-57(59)61)55-20-10-9-19-53(55)54-38-32-49(41-60(54)62)46-25-26-48-40-52(37-31-47(48)39-46)63(50-33-27-44(28-34-50)42-15-5-3-6-16-42)51-35-29-45(30-36-51)43-17-7-4-8-18-43/h3-41H,1-2H3. The Labute approximate surface area is 370 Å². The van der Waals surface area contributed by atoms with Crippen molar-refractivity contribution in [3.05, 3.63) is 270 Å². The van der Waals surface area contributed by atoms with Gasteiger partial charge in [-0.25, -0.2) is 0 Å². The van der Waals surface area contributed by atoms with Crippen LogP contribution in [0.2, 0.25) is 0 Å². The van der Waals surface area contributed by atoms with Crippen LogP contribution in [0.4, 0.5) is 17.1 Å². The number of benzene rings is 10. The van der Waals surface area contributed by atoms with Crippen molar-refractivity contribution in [2.75, 3.05) is 4.90 Å². The highest BCUT2D eigenvalue weighted by Crippen LogP contribution is 2.62. The van der Waals surface area contributed by atoms with Gasteiger partial charge in [-0.1, -0.05) is 202 Å². The van der Waals surface area contributed by atoms with Crippen LogP contribution in [0.3, 0.4) is 0 Å². The van der Waals surface area contributed by atoms with Crippen molar-refractivity contribution >= 4 is 27.8 Å². The smallest absolute Gasteiger partial charge is 0.0719 e. The quantitative estimate of drug-likeness (QED) is 0.162. The molecule has 0 saturated carbocycles. The summed E-state index contributed by atoms with van der Waals surface area (Å²) in [7, 11) is 0. The average Bonchev–Trinajstić information content (AvgIpc) is 3.64. The minimum atomic E-state index is -0.418. The van der Waals surface area contributed by atoms with E-state index in [0.29, 0.717) is 0 Å². The number of hydrogen-bond donors (Lipinski definition) is 0. The maximum absolute atomic E-state index is 2.50. The Morgan fingerprint density at radius 2 is 0.667 bits per heavy atom. The lowest BCUT2D eigenvalue weighted by Crippen LogP contribution is -2.40. The van der Waals surface area contributed by atoms with Gasteiger partial charge < -0.3 is 4.90 Å². The molecule has 0 saturated heterocycles. The molecular formula is C62H45N. The van der Waals surface area contributed by atoms with Crippen LogP contribution in [0.15, 0.2) is 237 Å². The van der Waals surface area contributed by atoms with Gasteiger partial charge in [-0.2, -0.15) is 0 Å². The van der Waals surface area contributed by atoms with Crippen molar-refractivity contribution in [1.82, 2.24) is 0 Å². The first-order chi connectivity index (χ1) is 31.0. The zero-order valence-corrected chi connectivity index (χ0v) is 35.5. The van der Waals surface area contributed by atoms with E-state index in [-0.39, 0.29) is 5.41 Å². The molecule has 10 aromatic rings. The van der Waals surface area contributed by atoms with Crippen molar-refractivity contribution in [3.63, 3.8) is 0 Å². The lowest BCUT2D eigenvalue weighted by Gasteiger charge is -2.46. The molecule has 1 heteroatoms. The zero-order chi connectivity index (χ0) is 42.1. The first-order valence-corrected chi connectivity index (χ1v) is 22.1. The molecule has 0 atom stereocenters. The predicted molar refractivity (Wildman–Crippen MR) is 264 cm³/mol. The van der Waals surface area contributed by atoms with Crippen LogP contribution in [0, 0.1) is 0 Å². The van der Waals surface area contributed by atoms with Gasteiger partial charge in [0.05, 0.1) is 5.41 Å². The molecule has 0 fully saturated rings. The maximum Gasteiger partial charge on any atom is 0.0719 e. The fraction of sp³-hybridized carbons (Fsp3) is 0.0645. The molecule has 0 aromatic heterocycles. The van der Waals surface area contributed by atoms with E-state index in [0.717, 1.165) is 17.1 Å². The van der Waals surface area contributed by atoms with Crippen LogP contribution in [0.5, 0.6) is 0 Å². The van der Waals surface area contributed by atoms with Gasteiger partial charge in [0.25, 0.3) is 0 Å². The van der Waals surface area contributed by atoms with Crippen LogP contribution in [-0.4, -0.2) is 0 Å². The summed E-state index contributed by atoms with van der Waals surface area (Å²) < 4.78 is 0. The topological polar surface area (TPSA) is 3.24 Å². The fourth-order valence-electron chi connectivity index (χ4n) is 10.9. The molecule has 10 aromatic carbocycles. The molecule has 0 N–H and O–H groups in total. The van der Waals surface area contributed by atoms with Gasteiger partial charge in [-0.05, 0) is 137 Å². The van der Waals surface area contributed by atoms with Gasteiger partial charge in [0.1, 0.15) is 0 Å². The monoisotopic (exact) mass is 803 g/mol. The molecule has 0 radical (unpaired) electrons. The van der Waals surface area contributed by atoms with Crippen LogP contribution in [0.1, 0.15) is 47.2 Å². The predicted octanol–water partition coefficient (Wildman–Crippen LogP) is 16.3. The highest BCUT2D eigenvalue weighted by atomic mass is 15.1. The first-order valence-electron chi connectivity index (χ1n) is 22.1. The minimum absolute atomic E-state index is 0.127. The molecule has 298 valence electrons. The van der Waals surface area contributed by atoms with Gasteiger partial charge >= 0.3 is 0 Å². The van der Waals surface area contributed by atoms with E-state index in [1.807, 2.05) is 0 Å². The van der Waals surface area contributed by atoms with Gasteiger partial charge in [0.15, 0.2) is 0 Å². The summed E-state index contributed by atoms with van der Waals surface area (Å²) >= 11 is 0. The molecule has 2 aliphatic carbocycles. The van der Waals surface area contributed by atoms with E-state index < -0.39 is 5.41 Å². The number of fused-ring (bicyclic) bond motifs is 10. The largest absolute Gasteiger partial charge is 0.310 e. The first kappa shape index (κ1) is 37.1. The molecule has 1 nitrogen and oxygen atoms in total. The second-order valence-electron chi connectivity index (χ2n) is 17.7. The Morgan fingerprint density at radius 3 is 1.25 bits per heavy atom. The number of nitrogens with zero attached hydrogens (tertiary/aromatic N) is 1. The second-order valence-corrected chi connectivity index (χ2v) is 17.7. The minimum Gasteiger partial charge on any atom is -0.310 e. The molecule has 0 heterocycles. The molecule has 12 rings (SSSR count). The summed E-state index contributed by atoms with van der Waals surface area (Å²) in [6, 6.07) is 87.6. The zero-order valence-electron chi connectivity index (χ0n) is 35.5. The molecule has 2 aliphatic rings. The van der Waals surface area contributed by atoms with E-state index in [1.165, 1.54) is 88.7 Å². The molecular weight excluding hydrogens is 759 g/mol. The molecule has 63 heavy (non-hydrogen) atoms. The van der Waals surface area contributed by atoms with Crippen LogP contribution in [-0.2, 0) is 10.8 Å². The summed E-state index contributed by atoms with van der Waals surface area (Å²) in [5.41, 5.74) is 21.0. The van der Waals surface area contributed by atoms with Crippen molar-refractivity contribution in [2.24, 2.45) is 0 Å². The summed E-state index contributed by atoms with van der Waals surface area (Å²) in [6.07, 6.45) is 0. The lowest BCUT2D eigenvalue weighted by molar-refractivity contribution is 0.563. The van der Waals surface area contributed by atoms with Crippen molar-refractivity contribution in [2.45, 2.75) is 24.7 Å². The van der Waals surface area contributed by atoms with Crippen molar-refractivity contribution < 1.29 is 0 Å². The summed E-state index contributed by atoms with van der Waals surface area (Å²) in [4.78, 5) is 2.37. The van der Waals surface area contributed by atoms with Gasteiger partial charge in [0.2, 0.25) is 0 Å². The molecule has 0 unspecified atom stereocenters. The molecule has 1 spiro atoms. The molecule has 0 aliphatic heterocycles. The van der Waals surface area contributed by atoms with E-state index in [4.69, 9.17) is 0 Å². The van der Waals surface area contributed by atoms with Crippen LogP contribution in [0.25, 0.3) is 55.3 Å². The van der Waals surface area contributed by atoms with Crippen molar-refractivity contribution in [1.29, 1.82) is 0 Å². The second kappa shape index (κ2) is 14.4. The number of rotatable bonds is 6. The normalized spacial score (nSPS) is 13.8. The van der Waals surface area contributed by atoms with E-state index in [1.54, 1.807) is 0 Å². The van der Waals surface area contributed by atoms with Gasteiger partial charge in [0, 0.05) is 22.5 Å². The Morgan fingerprint density at radius 1 is 0.270 bits per heavy atom. The van der Waals surface area contributed by atoms with Gasteiger partial charge in [-0.15, -0.1) is 0 Å². The summed E-state index contributed by atoms with van der Waals surface area (Å²) in [6.45, 7) is 4.78. The number of hydrogen-bond acceptors (Lipinski definition) is 1. The van der Waals surface area contributed by atoms with E-state index in [2.05, 4.69) is 255 Å². The lowest BCUT2D eigenvalue weighted by atomic mass is 9.55. The maximum atomic E-state index is 2.50. The van der Waals surface area contributed by atoms with E-state index in [9.17, 15) is 0 Å². The van der Waals surface area contributed by atoms with Gasteiger partial charge in [-0.3, -0.25) is 0 Å². The third-order valence-electron chi connectivity index (χ3n) is 13.9. The van der Waals surface area contributed by atoms with Crippen LogP contribution >= 0.6 is 0 Å². The highest BCUT2D eigenvalue weighted by molar-refractivity contribution is 5.94. The third-order valence-corrected chi connectivity index (χ3v) is 13.9. The SMILES string of the molecule is CC1(C)c2ccccc2C2(c3ccccc3-c3ccc(-c4ccc5cc(N(c6ccc(-c7ccccc7)cc6)c6ccc(-c7ccccc7)cc6)ccc5c4)cc32)c2ccccc21. The third kappa shape index (κ3) is 5.77. The number of anilines is 3. The molecule has 0 bridgehead atoms. The Balaban J connectivity index is 0.963. The molecule has 0 amide bonds. The fourth-order valence-corrected chi connectivity index (χ4v) is 10.9. The summed E-state index contributed by atoms with van der Waals surface area (Å²) in [5.74, 6) is 0. The highest BCUT2D eigenvalue weighted by Gasteiger charge is 2.53. The van der Waals surface area contributed by atoms with E-state index >= 15 is 0 Å². The Hall–Kier alpha value is -7.74. The Kier molecular flexibility index (Phi) is 8.49. The Bertz CT molecular complexity index is 3210.